The van der Waals surface area contributed by atoms with Crippen molar-refractivity contribution < 1.29 is 14.9 Å². The molecule has 0 unspecified atom stereocenters. The van der Waals surface area contributed by atoms with Crippen LogP contribution in [0.3, 0.4) is 0 Å². The first-order valence-electron chi connectivity index (χ1n) is 10.1. The highest BCUT2D eigenvalue weighted by Gasteiger charge is 2.33. The summed E-state index contributed by atoms with van der Waals surface area (Å²) < 4.78 is 33.6. The predicted octanol–water partition coefficient (Wildman–Crippen LogP) is 4.03. The molecule has 0 radical (unpaired) electrons. The summed E-state index contributed by atoms with van der Waals surface area (Å²) in [5.74, 6) is -0.447. The maximum Gasteiger partial charge on any atom is 0.246 e. The van der Waals surface area contributed by atoms with Crippen molar-refractivity contribution in [2.45, 2.75) is 25.3 Å². The van der Waals surface area contributed by atoms with E-state index in [4.69, 9.17) is 4.74 Å². The Hall–Kier alpha value is -2.84. The van der Waals surface area contributed by atoms with E-state index >= 15 is 0 Å². The van der Waals surface area contributed by atoms with Crippen LogP contribution in [0.2, 0.25) is 0 Å². The van der Waals surface area contributed by atoms with Gasteiger partial charge >= 0.3 is 0 Å². The zero-order valence-corrected chi connectivity index (χ0v) is 16.7. The number of nitrogens with zero attached hydrogens (tertiary/aromatic N) is 4. The molecule has 30 heavy (non-hydrogen) atoms. The van der Waals surface area contributed by atoms with Gasteiger partial charge in [-0.15, -0.1) is 5.10 Å². The maximum absolute atomic E-state index is 13.5. The first-order chi connectivity index (χ1) is 14.5. The molecule has 0 spiro atoms. The number of ether oxygens (including phenoxy) is 1. The molecule has 0 saturated carbocycles. The lowest BCUT2D eigenvalue weighted by Crippen LogP contribution is -2.47. The molecule has 0 bridgehead atoms. The van der Waals surface area contributed by atoms with Gasteiger partial charge in [-0.3, -0.25) is 4.90 Å². The molecule has 0 amide bonds. The second-order valence-corrected chi connectivity index (χ2v) is 8.07. The number of aromatic nitrogens is 3. The summed E-state index contributed by atoms with van der Waals surface area (Å²) in [5.41, 5.74) is 3.64. The van der Waals surface area contributed by atoms with Crippen molar-refractivity contribution in [1.82, 2.24) is 19.7 Å². The van der Waals surface area contributed by atoms with Crippen LogP contribution in [-0.2, 0) is 4.74 Å². The quantitative estimate of drug-likeness (QED) is 0.684. The number of benzene rings is 2. The molecule has 158 valence electrons. The van der Waals surface area contributed by atoms with Gasteiger partial charge in [0.15, 0.2) is 0 Å². The number of halogens is 2. The highest BCUT2D eigenvalue weighted by atomic mass is 19.1. The molecular weight excluding hydrogens is 388 g/mol. The van der Waals surface area contributed by atoms with Gasteiger partial charge in [-0.2, -0.15) is 4.98 Å². The summed E-state index contributed by atoms with van der Waals surface area (Å²) in [6.45, 7) is 5.91. The van der Waals surface area contributed by atoms with Crippen LogP contribution in [0, 0.1) is 18.6 Å². The van der Waals surface area contributed by atoms with Gasteiger partial charge in [0.1, 0.15) is 18.0 Å². The molecule has 5 rings (SSSR count). The molecule has 0 aliphatic carbocycles. The molecule has 2 aliphatic heterocycles. The zero-order chi connectivity index (χ0) is 20.7. The van der Waals surface area contributed by atoms with Gasteiger partial charge in [0.05, 0.1) is 24.9 Å². The Bertz CT molecular complexity index is 1050. The zero-order valence-electron chi connectivity index (χ0n) is 16.7. The number of hydrogen-bond acceptors (Lipinski definition) is 5. The summed E-state index contributed by atoms with van der Waals surface area (Å²) in [7, 11) is 0. The average molecular weight is 413 g/mol. The van der Waals surface area contributed by atoms with Crippen LogP contribution in [0.1, 0.15) is 24.9 Å². The van der Waals surface area contributed by atoms with Gasteiger partial charge < -0.3 is 10.1 Å². The smallest absolute Gasteiger partial charge is 0.246 e. The summed E-state index contributed by atoms with van der Waals surface area (Å²) >= 11 is 0. The fourth-order valence-corrected chi connectivity index (χ4v) is 4.19. The standard InChI is InChI=1S/C22H23F2N5O.H2/c1-14-4-16(15-2-3-28(10-15)21-11-30-12-21)6-19(5-14)26-22-25-13-29(27-22)20-8-17(23)7-18(24)9-20;/h4-9,13,15,21H,2-3,10-12H2,1H3,(H,26,27);1H/t15-;/m1./s1. The topological polar surface area (TPSA) is 55.2 Å². The number of nitrogens with one attached hydrogen (secondary N) is 1. The van der Waals surface area contributed by atoms with E-state index in [0.29, 0.717) is 17.9 Å². The summed E-state index contributed by atoms with van der Waals surface area (Å²) in [5, 5.41) is 7.53. The van der Waals surface area contributed by atoms with Crippen molar-refractivity contribution in [1.29, 1.82) is 0 Å². The van der Waals surface area contributed by atoms with Crippen LogP contribution < -0.4 is 5.32 Å². The van der Waals surface area contributed by atoms with Crippen molar-refractivity contribution in [3.8, 4) is 5.69 Å². The van der Waals surface area contributed by atoms with Gasteiger partial charge in [0, 0.05) is 19.7 Å². The van der Waals surface area contributed by atoms with Crippen LogP contribution in [0.25, 0.3) is 5.69 Å². The predicted molar refractivity (Wildman–Crippen MR) is 111 cm³/mol. The van der Waals surface area contributed by atoms with E-state index < -0.39 is 11.6 Å². The monoisotopic (exact) mass is 413 g/mol. The Morgan fingerprint density at radius 1 is 1.10 bits per heavy atom. The lowest BCUT2D eigenvalue weighted by molar-refractivity contribution is -0.0573. The minimum Gasteiger partial charge on any atom is -0.378 e. The van der Waals surface area contributed by atoms with E-state index in [1.165, 1.54) is 28.7 Å². The van der Waals surface area contributed by atoms with E-state index in [1.54, 1.807) is 0 Å². The molecule has 2 aromatic carbocycles. The number of likely N-dealkylation sites (tertiary alicyclic amines) is 1. The molecule has 1 aromatic heterocycles. The minimum atomic E-state index is -0.655. The lowest BCUT2D eigenvalue weighted by Gasteiger charge is -2.34. The fraction of sp³-hybridized carbons (Fsp3) is 0.364. The van der Waals surface area contributed by atoms with Crippen LogP contribution in [-0.4, -0.2) is 52.0 Å². The van der Waals surface area contributed by atoms with Crippen molar-refractivity contribution >= 4 is 11.6 Å². The van der Waals surface area contributed by atoms with Crippen LogP contribution >= 0.6 is 0 Å². The Kier molecular flexibility index (Phi) is 4.96. The van der Waals surface area contributed by atoms with Crippen molar-refractivity contribution in [3.63, 3.8) is 0 Å². The largest absolute Gasteiger partial charge is 0.378 e. The highest BCUT2D eigenvalue weighted by Crippen LogP contribution is 2.32. The second-order valence-electron chi connectivity index (χ2n) is 8.07. The van der Waals surface area contributed by atoms with E-state index in [9.17, 15) is 8.78 Å². The SMILES string of the molecule is Cc1cc(Nc2ncn(-c3cc(F)cc(F)c3)n2)cc([C@@H]2CCN(C3COC3)C2)c1.[HH]. The van der Waals surface area contributed by atoms with E-state index in [-0.39, 0.29) is 7.11 Å². The summed E-state index contributed by atoms with van der Waals surface area (Å²) in [6, 6.07) is 10.2. The van der Waals surface area contributed by atoms with Gasteiger partial charge in [-0.1, -0.05) is 6.07 Å². The molecule has 2 aliphatic rings. The molecular formula is C22H25F2N5O. The lowest BCUT2D eigenvalue weighted by atomic mass is 9.96. The third-order valence-electron chi connectivity index (χ3n) is 5.79. The third-order valence-corrected chi connectivity index (χ3v) is 5.79. The number of hydrogen-bond donors (Lipinski definition) is 1. The number of rotatable bonds is 5. The van der Waals surface area contributed by atoms with E-state index in [2.05, 4.69) is 39.4 Å². The fourth-order valence-electron chi connectivity index (χ4n) is 4.19. The first kappa shape index (κ1) is 19.1. The van der Waals surface area contributed by atoms with Crippen molar-refractivity contribution in [3.05, 3.63) is 65.5 Å². The molecule has 6 nitrogen and oxygen atoms in total. The highest BCUT2D eigenvalue weighted by molar-refractivity contribution is 5.56. The van der Waals surface area contributed by atoms with E-state index in [0.717, 1.165) is 50.0 Å². The maximum atomic E-state index is 13.5. The Labute approximate surface area is 175 Å². The Morgan fingerprint density at radius 3 is 2.63 bits per heavy atom. The number of anilines is 2. The third kappa shape index (κ3) is 3.93. The van der Waals surface area contributed by atoms with Crippen LogP contribution in [0.5, 0.6) is 0 Å². The molecule has 3 aromatic rings. The second kappa shape index (κ2) is 7.77. The molecule has 1 N–H and O–H groups in total. The summed E-state index contributed by atoms with van der Waals surface area (Å²) in [4.78, 5) is 6.75. The molecule has 8 heteroatoms. The van der Waals surface area contributed by atoms with Gasteiger partial charge in [0.2, 0.25) is 5.95 Å². The molecule has 2 fully saturated rings. The summed E-state index contributed by atoms with van der Waals surface area (Å²) in [6.07, 6.45) is 2.57. The first-order valence-corrected chi connectivity index (χ1v) is 10.1. The average Bonchev–Trinajstić information content (AvgIpc) is 3.29. The van der Waals surface area contributed by atoms with Gasteiger partial charge in [-0.05, 0) is 61.2 Å². The van der Waals surface area contributed by atoms with Crippen LogP contribution in [0.15, 0.2) is 42.7 Å². The number of aryl methyl sites for hydroxylation is 1. The van der Waals surface area contributed by atoms with E-state index in [1.807, 2.05) is 6.07 Å². The van der Waals surface area contributed by atoms with Crippen molar-refractivity contribution in [2.75, 3.05) is 31.6 Å². The molecule has 1 atom stereocenters. The van der Waals surface area contributed by atoms with Gasteiger partial charge in [0.25, 0.3) is 0 Å². The molecule has 2 saturated heterocycles. The van der Waals surface area contributed by atoms with Crippen molar-refractivity contribution in [2.24, 2.45) is 0 Å². The Balaban J connectivity index is 0.00000231. The minimum absolute atomic E-state index is 0. The Morgan fingerprint density at radius 2 is 1.90 bits per heavy atom. The van der Waals surface area contributed by atoms with Gasteiger partial charge in [-0.25, -0.2) is 13.5 Å². The van der Waals surface area contributed by atoms with Crippen LogP contribution in [0.4, 0.5) is 20.4 Å². The molecule has 3 heterocycles. The normalized spacial score (nSPS) is 19.8.